The van der Waals surface area contributed by atoms with Crippen molar-refractivity contribution in [2.24, 2.45) is 7.05 Å². The molecule has 0 bridgehead atoms. The molecular weight excluding hydrogens is 298 g/mol. The maximum atomic E-state index is 5.68. The minimum absolute atomic E-state index is 0.0447. The van der Waals surface area contributed by atoms with Crippen molar-refractivity contribution in [2.45, 2.75) is 33.1 Å². The number of hydrogen-bond donors (Lipinski definition) is 1. The second-order valence-electron chi connectivity index (χ2n) is 3.82. The lowest BCUT2D eigenvalue weighted by Crippen LogP contribution is -2.37. The number of aryl methyl sites for hydroxylation is 1. The van der Waals surface area contributed by atoms with Gasteiger partial charge in [0, 0.05) is 20.3 Å². The van der Waals surface area contributed by atoms with E-state index in [0.29, 0.717) is 13.2 Å². The molecule has 104 valence electrons. The third-order valence-corrected chi connectivity index (χ3v) is 3.20. The Hall–Kier alpha value is -0.430. The van der Waals surface area contributed by atoms with Crippen LogP contribution in [0.15, 0.2) is 10.7 Å². The summed E-state index contributed by atoms with van der Waals surface area (Å²) in [6, 6.07) is -0.0447. The van der Waals surface area contributed by atoms with E-state index >= 15 is 0 Å². The highest BCUT2D eigenvalue weighted by molar-refractivity contribution is 9.10. The van der Waals surface area contributed by atoms with E-state index in [1.54, 1.807) is 6.20 Å². The smallest absolute Gasteiger partial charge is 0.178 e. The standard InChI is InChI=1S/C12H22BrN3O2/c1-5-14-10(12(17-6-2)18-7-3)11-9(13)8-15-16(11)4/h8,10,12,14H,5-7H2,1-4H3. The van der Waals surface area contributed by atoms with Gasteiger partial charge in [-0.2, -0.15) is 5.10 Å². The summed E-state index contributed by atoms with van der Waals surface area (Å²) in [6.07, 6.45) is 1.47. The molecule has 1 unspecified atom stereocenters. The molecule has 0 aliphatic rings. The van der Waals surface area contributed by atoms with E-state index < -0.39 is 0 Å². The number of aromatic nitrogens is 2. The maximum Gasteiger partial charge on any atom is 0.178 e. The van der Waals surface area contributed by atoms with Gasteiger partial charge in [-0.3, -0.25) is 4.68 Å². The van der Waals surface area contributed by atoms with Crippen LogP contribution in [0.1, 0.15) is 32.5 Å². The minimum Gasteiger partial charge on any atom is -0.351 e. The molecule has 1 atom stereocenters. The summed E-state index contributed by atoms with van der Waals surface area (Å²) in [5, 5.41) is 7.64. The molecule has 5 nitrogen and oxygen atoms in total. The molecule has 1 aromatic rings. The molecular formula is C12H22BrN3O2. The number of likely N-dealkylation sites (N-methyl/N-ethyl adjacent to an activating group) is 1. The van der Waals surface area contributed by atoms with Gasteiger partial charge in [-0.05, 0) is 36.3 Å². The van der Waals surface area contributed by atoms with Crippen LogP contribution in [0.5, 0.6) is 0 Å². The molecule has 1 N–H and O–H groups in total. The first-order valence-corrected chi connectivity index (χ1v) is 7.08. The monoisotopic (exact) mass is 319 g/mol. The molecule has 18 heavy (non-hydrogen) atoms. The molecule has 6 heteroatoms. The van der Waals surface area contributed by atoms with Crippen LogP contribution in [-0.4, -0.2) is 35.8 Å². The lowest BCUT2D eigenvalue weighted by molar-refractivity contribution is -0.156. The van der Waals surface area contributed by atoms with Crippen LogP contribution in [0.2, 0.25) is 0 Å². The van der Waals surface area contributed by atoms with Gasteiger partial charge in [-0.1, -0.05) is 6.92 Å². The largest absolute Gasteiger partial charge is 0.351 e. The summed E-state index contributed by atoms with van der Waals surface area (Å²) in [4.78, 5) is 0. The summed E-state index contributed by atoms with van der Waals surface area (Å²) < 4.78 is 14.2. The zero-order chi connectivity index (χ0) is 13.5. The Morgan fingerprint density at radius 3 is 2.33 bits per heavy atom. The molecule has 1 heterocycles. The van der Waals surface area contributed by atoms with Gasteiger partial charge < -0.3 is 14.8 Å². The van der Waals surface area contributed by atoms with E-state index in [1.165, 1.54) is 0 Å². The van der Waals surface area contributed by atoms with Crippen molar-refractivity contribution < 1.29 is 9.47 Å². The molecule has 0 aliphatic heterocycles. The van der Waals surface area contributed by atoms with Gasteiger partial charge in [-0.15, -0.1) is 0 Å². The van der Waals surface area contributed by atoms with E-state index in [1.807, 2.05) is 25.6 Å². The molecule has 0 aromatic carbocycles. The lowest BCUT2D eigenvalue weighted by atomic mass is 10.2. The average Bonchev–Trinajstić information content (AvgIpc) is 2.66. The first-order valence-electron chi connectivity index (χ1n) is 6.29. The van der Waals surface area contributed by atoms with E-state index in [4.69, 9.17) is 9.47 Å². The van der Waals surface area contributed by atoms with Crippen molar-refractivity contribution in [3.05, 3.63) is 16.4 Å². The highest BCUT2D eigenvalue weighted by Crippen LogP contribution is 2.27. The predicted octanol–water partition coefficient (Wildman–Crippen LogP) is 2.23. The fraction of sp³-hybridized carbons (Fsp3) is 0.750. The van der Waals surface area contributed by atoms with Gasteiger partial charge in [0.1, 0.15) is 6.04 Å². The van der Waals surface area contributed by atoms with Gasteiger partial charge in [0.15, 0.2) is 6.29 Å². The number of nitrogens with one attached hydrogen (secondary N) is 1. The number of rotatable bonds is 8. The highest BCUT2D eigenvalue weighted by Gasteiger charge is 2.28. The van der Waals surface area contributed by atoms with Gasteiger partial charge in [0.25, 0.3) is 0 Å². The zero-order valence-electron chi connectivity index (χ0n) is 11.4. The van der Waals surface area contributed by atoms with Crippen LogP contribution in [-0.2, 0) is 16.5 Å². The summed E-state index contributed by atoms with van der Waals surface area (Å²) in [6.45, 7) is 8.05. The van der Waals surface area contributed by atoms with E-state index in [2.05, 4.69) is 33.3 Å². The lowest BCUT2D eigenvalue weighted by Gasteiger charge is -2.27. The average molecular weight is 320 g/mol. The van der Waals surface area contributed by atoms with E-state index in [9.17, 15) is 0 Å². The Morgan fingerprint density at radius 1 is 1.33 bits per heavy atom. The van der Waals surface area contributed by atoms with Gasteiger partial charge in [0.2, 0.25) is 0 Å². The van der Waals surface area contributed by atoms with E-state index in [-0.39, 0.29) is 12.3 Å². The molecule has 0 saturated carbocycles. The fourth-order valence-electron chi connectivity index (χ4n) is 1.88. The molecule has 0 saturated heterocycles. The Bertz CT molecular complexity index is 332. The molecule has 0 amide bonds. The summed E-state index contributed by atoms with van der Waals surface area (Å²) >= 11 is 3.52. The minimum atomic E-state index is -0.313. The van der Waals surface area contributed by atoms with Gasteiger partial charge in [-0.25, -0.2) is 0 Å². The molecule has 0 aliphatic carbocycles. The molecule has 0 fully saturated rings. The van der Waals surface area contributed by atoms with Crippen LogP contribution >= 0.6 is 15.9 Å². The number of halogens is 1. The van der Waals surface area contributed by atoms with Crippen LogP contribution in [0, 0.1) is 0 Å². The number of hydrogen-bond acceptors (Lipinski definition) is 4. The number of ether oxygens (including phenoxy) is 2. The van der Waals surface area contributed by atoms with Crippen LogP contribution in [0.3, 0.4) is 0 Å². The Labute approximate surface area is 117 Å². The fourth-order valence-corrected chi connectivity index (χ4v) is 2.48. The summed E-state index contributed by atoms with van der Waals surface area (Å²) in [5.41, 5.74) is 1.03. The second-order valence-corrected chi connectivity index (χ2v) is 4.67. The predicted molar refractivity (Wildman–Crippen MR) is 74.4 cm³/mol. The van der Waals surface area contributed by atoms with E-state index in [0.717, 1.165) is 16.7 Å². The molecule has 1 aromatic heterocycles. The summed E-state index contributed by atoms with van der Waals surface area (Å²) in [7, 11) is 1.92. The van der Waals surface area contributed by atoms with Crippen LogP contribution in [0.25, 0.3) is 0 Å². The topological polar surface area (TPSA) is 48.3 Å². The third-order valence-electron chi connectivity index (χ3n) is 2.59. The molecule has 0 spiro atoms. The molecule has 1 rings (SSSR count). The first-order chi connectivity index (χ1) is 8.65. The van der Waals surface area contributed by atoms with Crippen molar-refractivity contribution in [2.75, 3.05) is 19.8 Å². The normalized spacial score (nSPS) is 13.2. The molecule has 0 radical (unpaired) electrons. The van der Waals surface area contributed by atoms with Crippen LogP contribution < -0.4 is 5.32 Å². The van der Waals surface area contributed by atoms with Crippen LogP contribution in [0.4, 0.5) is 0 Å². The quantitative estimate of drug-likeness (QED) is 0.746. The van der Waals surface area contributed by atoms with Crippen molar-refractivity contribution >= 4 is 15.9 Å². The zero-order valence-corrected chi connectivity index (χ0v) is 13.0. The Balaban J connectivity index is 2.98. The second kappa shape index (κ2) is 7.89. The Kier molecular flexibility index (Phi) is 6.85. The van der Waals surface area contributed by atoms with Crippen molar-refractivity contribution in [3.63, 3.8) is 0 Å². The van der Waals surface area contributed by atoms with Crippen molar-refractivity contribution in [3.8, 4) is 0 Å². The number of nitrogens with zero attached hydrogens (tertiary/aromatic N) is 2. The van der Waals surface area contributed by atoms with Gasteiger partial charge >= 0.3 is 0 Å². The third kappa shape index (κ3) is 3.78. The maximum absolute atomic E-state index is 5.68. The summed E-state index contributed by atoms with van der Waals surface area (Å²) in [5.74, 6) is 0. The SMILES string of the molecule is CCNC(c1c(Br)cnn1C)C(OCC)OCC. The van der Waals surface area contributed by atoms with Gasteiger partial charge in [0.05, 0.1) is 16.4 Å². The van der Waals surface area contributed by atoms with Crippen molar-refractivity contribution in [1.82, 2.24) is 15.1 Å². The van der Waals surface area contributed by atoms with Crippen molar-refractivity contribution in [1.29, 1.82) is 0 Å². The first kappa shape index (κ1) is 15.6. The highest BCUT2D eigenvalue weighted by atomic mass is 79.9. The Morgan fingerprint density at radius 2 is 1.94 bits per heavy atom.